The Kier molecular flexibility index (Phi) is 8.69. The molecule has 0 saturated heterocycles. The maximum atomic E-state index is 9.68. The van der Waals surface area contributed by atoms with Crippen molar-refractivity contribution in [1.82, 2.24) is 10.6 Å². The normalized spacial score (nSPS) is 15.2. The Morgan fingerprint density at radius 2 is 2.07 bits per heavy atom. The van der Waals surface area contributed by atoms with Gasteiger partial charge in [-0.15, -0.1) is 24.0 Å². The van der Waals surface area contributed by atoms with E-state index >= 15 is 0 Å². The third-order valence-corrected chi connectivity index (χ3v) is 4.46. The lowest BCUT2D eigenvalue weighted by molar-refractivity contribution is 0.241. The van der Waals surface area contributed by atoms with Crippen molar-refractivity contribution in [3.05, 3.63) is 53.6 Å². The second kappa shape index (κ2) is 11.0. The second-order valence-electron chi connectivity index (χ2n) is 6.45. The minimum Gasteiger partial charge on any atom is -0.504 e. The lowest BCUT2D eigenvalue weighted by Gasteiger charge is -2.13. The van der Waals surface area contributed by atoms with Crippen molar-refractivity contribution < 1.29 is 14.6 Å². The van der Waals surface area contributed by atoms with Crippen LogP contribution in [0.3, 0.4) is 0 Å². The van der Waals surface area contributed by atoms with Crippen LogP contribution in [-0.4, -0.2) is 43.9 Å². The lowest BCUT2D eigenvalue weighted by atomic mass is 10.1. The molecule has 1 aliphatic heterocycles. The van der Waals surface area contributed by atoms with E-state index in [4.69, 9.17) is 9.47 Å². The van der Waals surface area contributed by atoms with E-state index < -0.39 is 0 Å². The zero-order valence-corrected chi connectivity index (χ0v) is 18.6. The zero-order valence-electron chi connectivity index (χ0n) is 16.3. The minimum absolute atomic E-state index is 0. The van der Waals surface area contributed by atoms with Crippen molar-refractivity contribution in [2.45, 2.75) is 25.9 Å². The van der Waals surface area contributed by atoms with Gasteiger partial charge in [0.15, 0.2) is 17.5 Å². The summed E-state index contributed by atoms with van der Waals surface area (Å²) in [6, 6.07) is 13.6. The second-order valence-corrected chi connectivity index (χ2v) is 6.45. The topological polar surface area (TPSA) is 75.1 Å². The highest BCUT2D eigenvalue weighted by atomic mass is 127. The van der Waals surface area contributed by atoms with Gasteiger partial charge in [-0.3, -0.25) is 0 Å². The van der Waals surface area contributed by atoms with E-state index in [9.17, 15) is 5.11 Å². The molecule has 1 aliphatic rings. The first kappa shape index (κ1) is 22.1. The lowest BCUT2D eigenvalue weighted by Crippen LogP contribution is -2.39. The highest BCUT2D eigenvalue weighted by molar-refractivity contribution is 14.0. The number of aliphatic imine (C=N–C) groups is 1. The Morgan fingerprint density at radius 3 is 2.82 bits per heavy atom. The molecule has 6 nitrogen and oxygen atoms in total. The van der Waals surface area contributed by atoms with Crippen LogP contribution in [0.15, 0.2) is 47.5 Å². The van der Waals surface area contributed by atoms with Crippen LogP contribution in [0.1, 0.15) is 18.1 Å². The molecule has 152 valence electrons. The summed E-state index contributed by atoms with van der Waals surface area (Å²) < 4.78 is 11.1. The number of hydrogen-bond donors (Lipinski definition) is 3. The SMILES string of the molecule is CCNC(=NCC1Cc2ccccc2O1)NCCc1ccc(O)c(OC)c1.I. The molecule has 0 aliphatic carbocycles. The number of phenols is 1. The Hall–Kier alpha value is -2.16. The maximum Gasteiger partial charge on any atom is 0.191 e. The molecule has 1 atom stereocenters. The molecule has 0 amide bonds. The van der Waals surface area contributed by atoms with Crippen LogP contribution in [-0.2, 0) is 12.8 Å². The number of halogens is 1. The average molecular weight is 497 g/mol. The summed E-state index contributed by atoms with van der Waals surface area (Å²) in [6.45, 7) is 4.18. The number of benzene rings is 2. The maximum absolute atomic E-state index is 9.68. The largest absolute Gasteiger partial charge is 0.504 e. The van der Waals surface area contributed by atoms with Crippen LogP contribution < -0.4 is 20.1 Å². The molecule has 3 N–H and O–H groups in total. The fourth-order valence-electron chi connectivity index (χ4n) is 3.09. The van der Waals surface area contributed by atoms with Crippen LogP contribution in [0, 0.1) is 0 Å². The minimum atomic E-state index is 0. The highest BCUT2D eigenvalue weighted by Crippen LogP contribution is 2.28. The quantitative estimate of drug-likeness (QED) is 0.312. The molecule has 0 spiro atoms. The van der Waals surface area contributed by atoms with Crippen molar-refractivity contribution >= 4 is 29.9 Å². The van der Waals surface area contributed by atoms with Gasteiger partial charge in [0, 0.05) is 19.5 Å². The molecule has 1 unspecified atom stereocenters. The predicted molar refractivity (Wildman–Crippen MR) is 122 cm³/mol. The third kappa shape index (κ3) is 5.92. The van der Waals surface area contributed by atoms with Gasteiger partial charge in [0.25, 0.3) is 0 Å². The van der Waals surface area contributed by atoms with E-state index in [1.54, 1.807) is 13.2 Å². The number of nitrogens with one attached hydrogen (secondary N) is 2. The Morgan fingerprint density at radius 1 is 1.25 bits per heavy atom. The molecule has 2 aromatic carbocycles. The van der Waals surface area contributed by atoms with Crippen molar-refractivity contribution in [2.24, 2.45) is 4.99 Å². The van der Waals surface area contributed by atoms with Crippen LogP contribution in [0.25, 0.3) is 0 Å². The molecule has 7 heteroatoms. The van der Waals surface area contributed by atoms with E-state index in [2.05, 4.69) is 21.7 Å². The Balaban J connectivity index is 0.00000280. The first-order valence-corrected chi connectivity index (χ1v) is 9.32. The average Bonchev–Trinajstić information content (AvgIpc) is 3.10. The van der Waals surface area contributed by atoms with E-state index in [0.29, 0.717) is 12.3 Å². The van der Waals surface area contributed by atoms with Gasteiger partial charge in [-0.1, -0.05) is 24.3 Å². The van der Waals surface area contributed by atoms with Gasteiger partial charge in [-0.2, -0.15) is 0 Å². The molecule has 28 heavy (non-hydrogen) atoms. The highest BCUT2D eigenvalue weighted by Gasteiger charge is 2.21. The Bertz CT molecular complexity index is 773. The standard InChI is InChI=1S/C21H27N3O3.HI/c1-3-22-21(23-11-10-15-8-9-18(25)20(12-15)26-2)24-14-17-13-16-6-4-5-7-19(16)27-17;/h4-9,12,17,25H,3,10-11,13-14H2,1-2H3,(H2,22,23,24);1H. The number of phenolic OH excluding ortho intramolecular Hbond substituents is 1. The van der Waals surface area contributed by atoms with Crippen molar-refractivity contribution in [3.63, 3.8) is 0 Å². The first-order valence-electron chi connectivity index (χ1n) is 9.32. The van der Waals surface area contributed by atoms with Gasteiger partial charge < -0.3 is 25.2 Å². The van der Waals surface area contributed by atoms with E-state index in [-0.39, 0.29) is 35.8 Å². The summed E-state index contributed by atoms with van der Waals surface area (Å²) in [4.78, 5) is 4.66. The van der Waals surface area contributed by atoms with Gasteiger partial charge in [0.2, 0.25) is 0 Å². The molecule has 3 rings (SSSR count). The molecule has 0 radical (unpaired) electrons. The van der Waals surface area contributed by atoms with E-state index in [1.807, 2.05) is 37.3 Å². The summed E-state index contributed by atoms with van der Waals surface area (Å²) in [5, 5.41) is 16.3. The summed E-state index contributed by atoms with van der Waals surface area (Å²) in [7, 11) is 1.55. The van der Waals surface area contributed by atoms with E-state index in [1.165, 1.54) is 5.56 Å². The van der Waals surface area contributed by atoms with Crippen LogP contribution in [0.2, 0.25) is 0 Å². The number of para-hydroxylation sites is 1. The van der Waals surface area contributed by atoms with Gasteiger partial charge >= 0.3 is 0 Å². The van der Waals surface area contributed by atoms with Gasteiger partial charge in [0.1, 0.15) is 11.9 Å². The molecule has 0 saturated carbocycles. The van der Waals surface area contributed by atoms with Gasteiger partial charge in [-0.05, 0) is 42.7 Å². The molecule has 2 aromatic rings. The number of nitrogens with zero attached hydrogens (tertiary/aromatic N) is 1. The first-order chi connectivity index (χ1) is 13.2. The zero-order chi connectivity index (χ0) is 19.1. The number of methoxy groups -OCH3 is 1. The smallest absolute Gasteiger partial charge is 0.191 e. The summed E-state index contributed by atoms with van der Waals surface area (Å²) in [5.74, 6) is 2.40. The number of ether oxygens (including phenoxy) is 2. The summed E-state index contributed by atoms with van der Waals surface area (Å²) >= 11 is 0. The van der Waals surface area contributed by atoms with Crippen molar-refractivity contribution in [3.8, 4) is 17.2 Å². The number of guanidine groups is 1. The van der Waals surface area contributed by atoms with Crippen molar-refractivity contribution in [2.75, 3.05) is 26.7 Å². The molecule has 0 bridgehead atoms. The monoisotopic (exact) mass is 497 g/mol. The Labute approximate surface area is 183 Å². The number of aromatic hydroxyl groups is 1. The fraction of sp³-hybridized carbons (Fsp3) is 0.381. The molecule has 0 aromatic heterocycles. The number of rotatable bonds is 7. The van der Waals surface area contributed by atoms with Crippen LogP contribution in [0.4, 0.5) is 0 Å². The molecular formula is C21H28IN3O3. The number of fused-ring (bicyclic) bond motifs is 1. The molecular weight excluding hydrogens is 469 g/mol. The predicted octanol–water partition coefficient (Wildman–Crippen LogP) is 3.12. The molecule has 1 heterocycles. The van der Waals surface area contributed by atoms with Crippen molar-refractivity contribution in [1.29, 1.82) is 0 Å². The van der Waals surface area contributed by atoms with Crippen LogP contribution >= 0.6 is 24.0 Å². The number of hydrogen-bond acceptors (Lipinski definition) is 4. The summed E-state index contributed by atoms with van der Waals surface area (Å²) in [6.07, 6.45) is 1.78. The third-order valence-electron chi connectivity index (χ3n) is 4.46. The molecule has 0 fully saturated rings. The van der Waals surface area contributed by atoms with Gasteiger partial charge in [-0.25, -0.2) is 4.99 Å². The van der Waals surface area contributed by atoms with Crippen LogP contribution in [0.5, 0.6) is 17.2 Å². The summed E-state index contributed by atoms with van der Waals surface area (Å²) in [5.41, 5.74) is 2.33. The van der Waals surface area contributed by atoms with E-state index in [0.717, 1.165) is 43.2 Å². The van der Waals surface area contributed by atoms with Gasteiger partial charge in [0.05, 0.1) is 13.7 Å². The fourth-order valence-corrected chi connectivity index (χ4v) is 3.09.